The molecule has 0 aromatic heterocycles. The fourth-order valence-corrected chi connectivity index (χ4v) is 4.28. The molecule has 1 aliphatic rings. The van der Waals surface area contributed by atoms with Crippen LogP contribution in [0.5, 0.6) is 0 Å². The van der Waals surface area contributed by atoms with E-state index in [1.165, 1.54) is 6.07 Å². The second-order valence-corrected chi connectivity index (χ2v) is 7.38. The van der Waals surface area contributed by atoms with Gasteiger partial charge in [-0.3, -0.25) is 4.79 Å². The molecule has 0 N–H and O–H groups in total. The molecule has 0 aliphatic carbocycles. The molecular weight excluding hydrogens is 446 g/mol. The van der Waals surface area contributed by atoms with Crippen LogP contribution < -0.4 is 0 Å². The van der Waals surface area contributed by atoms with Crippen molar-refractivity contribution in [2.75, 3.05) is 5.33 Å². The lowest BCUT2D eigenvalue weighted by molar-refractivity contribution is 0.0954. The molecule has 3 rings (SSSR count). The average Bonchev–Trinajstić information content (AvgIpc) is 3.22. The highest BCUT2D eigenvalue weighted by atomic mass is 79.9. The van der Waals surface area contributed by atoms with Crippen molar-refractivity contribution in [3.63, 3.8) is 0 Å². The molecule has 2 atom stereocenters. The van der Waals surface area contributed by atoms with Crippen molar-refractivity contribution in [3.05, 3.63) is 67.6 Å². The Morgan fingerprint density at radius 1 is 1.04 bits per heavy atom. The molecule has 2 aromatic carbocycles. The first-order chi connectivity index (χ1) is 10.9. The van der Waals surface area contributed by atoms with E-state index in [1.54, 1.807) is 30.3 Å². The highest BCUT2D eigenvalue weighted by molar-refractivity contribution is 9.09. The SMILES string of the molecule is O=C(c1ccc(Cl)cc1Cl)C1OC1(CBr)c1ccc(Cl)cc1Cl. The van der Waals surface area contributed by atoms with Crippen LogP contribution in [0.2, 0.25) is 20.1 Å². The minimum atomic E-state index is -0.818. The van der Waals surface area contributed by atoms with Crippen molar-refractivity contribution in [2.45, 2.75) is 11.7 Å². The highest BCUT2D eigenvalue weighted by Gasteiger charge is 2.62. The van der Waals surface area contributed by atoms with Crippen LogP contribution in [0.25, 0.3) is 0 Å². The number of carbonyl (C=O) groups is 1. The van der Waals surface area contributed by atoms with Crippen molar-refractivity contribution in [1.82, 2.24) is 0 Å². The van der Waals surface area contributed by atoms with E-state index in [1.807, 2.05) is 0 Å². The molecule has 1 aliphatic heterocycles. The summed E-state index contributed by atoms with van der Waals surface area (Å²) in [6, 6.07) is 9.85. The maximum absolute atomic E-state index is 12.7. The number of hydrogen-bond acceptors (Lipinski definition) is 2. The molecule has 1 fully saturated rings. The van der Waals surface area contributed by atoms with Crippen molar-refractivity contribution >= 4 is 68.1 Å². The van der Waals surface area contributed by atoms with Crippen LogP contribution in [0.4, 0.5) is 0 Å². The third-order valence-electron chi connectivity index (χ3n) is 3.71. The molecule has 0 amide bonds. The van der Waals surface area contributed by atoms with Gasteiger partial charge in [0.1, 0.15) is 5.60 Å². The Balaban J connectivity index is 1.95. The van der Waals surface area contributed by atoms with Gasteiger partial charge in [-0.05, 0) is 30.3 Å². The van der Waals surface area contributed by atoms with Gasteiger partial charge < -0.3 is 4.74 Å². The fourth-order valence-electron chi connectivity index (χ4n) is 2.48. The number of halogens is 5. The Morgan fingerprint density at radius 2 is 1.65 bits per heavy atom. The van der Waals surface area contributed by atoms with Gasteiger partial charge in [-0.2, -0.15) is 0 Å². The molecule has 7 heteroatoms. The summed E-state index contributed by atoms with van der Waals surface area (Å²) in [5.74, 6) is -0.211. The maximum atomic E-state index is 12.7. The van der Waals surface area contributed by atoms with Crippen LogP contribution >= 0.6 is 62.3 Å². The summed E-state index contributed by atoms with van der Waals surface area (Å²) in [5, 5.41) is 2.16. The molecule has 23 heavy (non-hydrogen) atoms. The Labute approximate surface area is 161 Å². The fraction of sp³-hybridized carbons (Fsp3) is 0.188. The number of epoxide rings is 1. The van der Waals surface area contributed by atoms with Crippen molar-refractivity contribution in [1.29, 1.82) is 0 Å². The highest BCUT2D eigenvalue weighted by Crippen LogP contribution is 2.51. The molecule has 2 nitrogen and oxygen atoms in total. The zero-order valence-electron chi connectivity index (χ0n) is 11.5. The average molecular weight is 455 g/mol. The van der Waals surface area contributed by atoms with Gasteiger partial charge in [-0.15, -0.1) is 0 Å². The smallest absolute Gasteiger partial charge is 0.196 e. The van der Waals surface area contributed by atoms with Crippen LogP contribution in [0.1, 0.15) is 15.9 Å². The Morgan fingerprint density at radius 3 is 2.22 bits per heavy atom. The van der Waals surface area contributed by atoms with Crippen LogP contribution in [0.15, 0.2) is 36.4 Å². The summed E-state index contributed by atoms with van der Waals surface area (Å²) in [5.41, 5.74) is 0.264. The number of benzene rings is 2. The predicted octanol–water partition coefficient (Wildman–Crippen LogP) is 6.17. The van der Waals surface area contributed by atoms with E-state index in [2.05, 4.69) is 15.9 Å². The molecule has 0 radical (unpaired) electrons. The van der Waals surface area contributed by atoms with Crippen molar-refractivity contribution in [3.8, 4) is 0 Å². The summed E-state index contributed by atoms with van der Waals surface area (Å²) in [6.45, 7) is 0. The summed E-state index contributed by atoms with van der Waals surface area (Å²) < 4.78 is 5.75. The summed E-state index contributed by atoms with van der Waals surface area (Å²) >= 11 is 27.6. The molecule has 2 unspecified atom stereocenters. The first kappa shape index (κ1) is 17.5. The zero-order chi connectivity index (χ0) is 16.8. The number of alkyl halides is 1. The normalized spacial score (nSPS) is 22.9. The molecule has 0 bridgehead atoms. The number of rotatable bonds is 4. The number of hydrogen-bond donors (Lipinski definition) is 0. The first-order valence-corrected chi connectivity index (χ1v) is 9.21. The molecule has 0 saturated carbocycles. The third kappa shape index (κ3) is 3.15. The topological polar surface area (TPSA) is 29.6 Å². The molecular formula is C16H9BrCl4O2. The molecule has 1 heterocycles. The molecule has 2 aromatic rings. The van der Waals surface area contributed by atoms with E-state index in [4.69, 9.17) is 51.1 Å². The van der Waals surface area contributed by atoms with Crippen LogP contribution in [-0.2, 0) is 10.3 Å². The Kier molecular flexibility index (Phi) is 4.99. The maximum Gasteiger partial charge on any atom is 0.196 e. The summed E-state index contributed by atoms with van der Waals surface area (Å²) in [6.07, 6.45) is -0.667. The number of carbonyl (C=O) groups excluding carboxylic acids is 1. The number of ether oxygens (including phenoxy) is 1. The second kappa shape index (κ2) is 6.55. The lowest BCUT2D eigenvalue weighted by Crippen LogP contribution is -2.21. The Hall–Kier alpha value is -0.290. The molecule has 0 spiro atoms. The van der Waals surface area contributed by atoms with E-state index in [-0.39, 0.29) is 5.78 Å². The van der Waals surface area contributed by atoms with E-state index in [0.717, 1.165) is 0 Å². The van der Waals surface area contributed by atoms with E-state index >= 15 is 0 Å². The van der Waals surface area contributed by atoms with Gasteiger partial charge in [0.15, 0.2) is 11.9 Å². The minimum Gasteiger partial charge on any atom is -0.351 e. The molecule has 120 valence electrons. The zero-order valence-corrected chi connectivity index (χ0v) is 16.1. The quantitative estimate of drug-likeness (QED) is 0.314. The van der Waals surface area contributed by atoms with E-state index in [9.17, 15) is 4.79 Å². The third-order valence-corrected chi connectivity index (χ3v) is 5.64. The minimum absolute atomic E-state index is 0.211. The molecule has 1 saturated heterocycles. The van der Waals surface area contributed by atoms with Crippen LogP contribution in [0, 0.1) is 0 Å². The summed E-state index contributed by atoms with van der Waals surface area (Å²) in [4.78, 5) is 12.7. The van der Waals surface area contributed by atoms with Gasteiger partial charge in [0.05, 0.1) is 5.02 Å². The number of Topliss-reactive ketones (excluding diaryl/α,β-unsaturated/α-hetero) is 1. The van der Waals surface area contributed by atoms with Gasteiger partial charge >= 0.3 is 0 Å². The van der Waals surface area contributed by atoms with Gasteiger partial charge in [0, 0.05) is 31.5 Å². The van der Waals surface area contributed by atoms with Crippen molar-refractivity contribution < 1.29 is 9.53 Å². The van der Waals surface area contributed by atoms with Crippen LogP contribution in [0.3, 0.4) is 0 Å². The lowest BCUT2D eigenvalue weighted by Gasteiger charge is -2.12. The van der Waals surface area contributed by atoms with Gasteiger partial charge in [-0.1, -0.05) is 68.4 Å². The monoisotopic (exact) mass is 452 g/mol. The predicted molar refractivity (Wildman–Crippen MR) is 97.6 cm³/mol. The van der Waals surface area contributed by atoms with E-state index in [0.29, 0.717) is 36.5 Å². The van der Waals surface area contributed by atoms with Gasteiger partial charge in [0.25, 0.3) is 0 Å². The van der Waals surface area contributed by atoms with Gasteiger partial charge in [-0.25, -0.2) is 0 Å². The summed E-state index contributed by atoms with van der Waals surface area (Å²) in [7, 11) is 0. The van der Waals surface area contributed by atoms with Crippen molar-refractivity contribution in [2.24, 2.45) is 0 Å². The van der Waals surface area contributed by atoms with Crippen LogP contribution in [-0.4, -0.2) is 17.2 Å². The largest absolute Gasteiger partial charge is 0.351 e. The Bertz CT molecular complexity index is 796. The first-order valence-electron chi connectivity index (χ1n) is 6.57. The van der Waals surface area contributed by atoms with Gasteiger partial charge in [0.2, 0.25) is 0 Å². The second-order valence-electron chi connectivity index (χ2n) is 5.13. The lowest BCUT2D eigenvalue weighted by atomic mass is 9.93. The van der Waals surface area contributed by atoms with E-state index < -0.39 is 11.7 Å². The standard InChI is InChI=1S/C16H9BrCl4O2/c17-7-16(11-4-2-9(19)6-13(11)21)15(23-16)14(22)10-3-1-8(18)5-12(10)20/h1-6,15H,7H2. The number of ketones is 1.